The molecule has 0 aliphatic carbocycles. The third-order valence-corrected chi connectivity index (χ3v) is 4.55. The summed E-state index contributed by atoms with van der Waals surface area (Å²) in [6.45, 7) is 3.29. The third-order valence-electron chi connectivity index (χ3n) is 3.00. The Bertz CT molecular complexity index is 506. The molecule has 1 aromatic carbocycles. The van der Waals surface area contributed by atoms with Gasteiger partial charge in [0.2, 0.25) is 10.0 Å². The number of carboxylic acids is 1. The Morgan fingerprint density at radius 3 is 2.11 bits per heavy atom. The Morgan fingerprint density at radius 1 is 1.22 bits per heavy atom. The van der Waals surface area contributed by atoms with Crippen LogP contribution in [-0.4, -0.2) is 25.0 Å². The second kappa shape index (κ2) is 5.49. The van der Waals surface area contributed by atoms with Gasteiger partial charge in [-0.2, -0.15) is 4.72 Å². The average Bonchev–Trinajstić information content (AvgIpc) is 2.37. The molecule has 1 aromatic rings. The summed E-state index contributed by atoms with van der Waals surface area (Å²) in [5.74, 6) is -1.16. The molecule has 0 saturated carbocycles. The number of nitrogens with one attached hydrogen (secondary N) is 1. The quantitative estimate of drug-likeness (QED) is 0.823. The zero-order valence-electron chi connectivity index (χ0n) is 10.4. The van der Waals surface area contributed by atoms with Crippen molar-refractivity contribution in [2.45, 2.75) is 37.1 Å². The molecule has 0 bridgehead atoms. The molecule has 0 spiro atoms. The van der Waals surface area contributed by atoms with Gasteiger partial charge in [-0.1, -0.05) is 32.0 Å². The Balaban J connectivity index is 3.12. The maximum Gasteiger partial charge on any atom is 0.324 e. The van der Waals surface area contributed by atoms with Gasteiger partial charge < -0.3 is 5.11 Å². The topological polar surface area (TPSA) is 83.5 Å². The Morgan fingerprint density at radius 2 is 1.72 bits per heavy atom. The van der Waals surface area contributed by atoms with Crippen LogP contribution in [-0.2, 0) is 14.8 Å². The molecule has 0 fully saturated rings. The van der Waals surface area contributed by atoms with Gasteiger partial charge in [-0.25, -0.2) is 8.42 Å². The number of hydrogen-bond donors (Lipinski definition) is 2. The first-order chi connectivity index (χ1) is 8.38. The lowest BCUT2D eigenvalue weighted by Gasteiger charge is -2.27. The molecule has 0 aliphatic rings. The lowest BCUT2D eigenvalue weighted by Crippen LogP contribution is -2.53. The SMILES string of the molecule is CCC(CC)(NS(=O)(=O)c1ccccc1)C(=O)O. The van der Waals surface area contributed by atoms with Crippen LogP contribution in [0.4, 0.5) is 0 Å². The van der Waals surface area contributed by atoms with Crippen LogP contribution in [0.5, 0.6) is 0 Å². The summed E-state index contributed by atoms with van der Waals surface area (Å²) >= 11 is 0. The van der Waals surface area contributed by atoms with Gasteiger partial charge in [-0.3, -0.25) is 4.79 Å². The monoisotopic (exact) mass is 271 g/mol. The van der Waals surface area contributed by atoms with Crippen molar-refractivity contribution in [2.75, 3.05) is 0 Å². The van der Waals surface area contributed by atoms with Crippen molar-refractivity contribution in [3.8, 4) is 0 Å². The predicted octanol–water partition coefficient (Wildman–Crippen LogP) is 1.61. The third kappa shape index (κ3) is 2.88. The van der Waals surface area contributed by atoms with E-state index in [9.17, 15) is 18.3 Å². The molecule has 2 N–H and O–H groups in total. The van der Waals surface area contributed by atoms with E-state index in [2.05, 4.69) is 4.72 Å². The fourth-order valence-corrected chi connectivity index (χ4v) is 3.18. The first kappa shape index (κ1) is 14.7. The largest absolute Gasteiger partial charge is 0.480 e. The van der Waals surface area contributed by atoms with Crippen molar-refractivity contribution >= 4 is 16.0 Å². The highest BCUT2D eigenvalue weighted by molar-refractivity contribution is 7.89. The highest BCUT2D eigenvalue weighted by Crippen LogP contribution is 2.19. The van der Waals surface area contributed by atoms with E-state index in [0.717, 1.165) is 0 Å². The van der Waals surface area contributed by atoms with E-state index < -0.39 is 21.5 Å². The number of benzene rings is 1. The molecule has 0 atom stereocenters. The summed E-state index contributed by atoms with van der Waals surface area (Å²) in [7, 11) is -3.82. The summed E-state index contributed by atoms with van der Waals surface area (Å²) in [4.78, 5) is 11.3. The summed E-state index contributed by atoms with van der Waals surface area (Å²) in [5, 5.41) is 9.21. The van der Waals surface area contributed by atoms with Crippen LogP contribution in [0.1, 0.15) is 26.7 Å². The fourth-order valence-electron chi connectivity index (χ4n) is 1.66. The number of sulfonamides is 1. The molecule has 0 aromatic heterocycles. The molecule has 0 radical (unpaired) electrons. The number of rotatable bonds is 6. The van der Waals surface area contributed by atoms with Crippen molar-refractivity contribution in [2.24, 2.45) is 0 Å². The highest BCUT2D eigenvalue weighted by Gasteiger charge is 2.39. The lowest BCUT2D eigenvalue weighted by atomic mass is 9.95. The first-order valence-corrected chi connectivity index (χ1v) is 7.18. The summed E-state index contributed by atoms with van der Waals surface area (Å²) in [6.07, 6.45) is 0.371. The van der Waals surface area contributed by atoms with E-state index in [1.165, 1.54) is 12.1 Å². The van der Waals surface area contributed by atoms with Crippen LogP contribution in [0.2, 0.25) is 0 Å². The van der Waals surface area contributed by atoms with Crippen LogP contribution in [0.3, 0.4) is 0 Å². The van der Waals surface area contributed by atoms with E-state index >= 15 is 0 Å². The Labute approximate surface area is 107 Å². The van der Waals surface area contributed by atoms with E-state index in [-0.39, 0.29) is 17.7 Å². The van der Waals surface area contributed by atoms with Gasteiger partial charge >= 0.3 is 5.97 Å². The smallest absolute Gasteiger partial charge is 0.324 e. The minimum Gasteiger partial charge on any atom is -0.480 e. The second-order valence-electron chi connectivity index (χ2n) is 4.01. The standard InChI is InChI=1S/C12H17NO4S/c1-3-12(4-2,11(14)15)13-18(16,17)10-8-6-5-7-9-10/h5-9,13H,3-4H2,1-2H3,(H,14,15). The highest BCUT2D eigenvalue weighted by atomic mass is 32.2. The van der Waals surface area contributed by atoms with Gasteiger partial charge in [0.15, 0.2) is 0 Å². The van der Waals surface area contributed by atoms with Crippen molar-refractivity contribution in [1.29, 1.82) is 0 Å². The predicted molar refractivity (Wildman–Crippen MR) is 67.7 cm³/mol. The van der Waals surface area contributed by atoms with Crippen LogP contribution in [0.15, 0.2) is 35.2 Å². The van der Waals surface area contributed by atoms with Crippen LogP contribution < -0.4 is 4.72 Å². The van der Waals surface area contributed by atoms with Gasteiger partial charge in [0, 0.05) is 0 Å². The molecule has 0 heterocycles. The fraction of sp³-hybridized carbons (Fsp3) is 0.417. The van der Waals surface area contributed by atoms with Crippen molar-refractivity contribution < 1.29 is 18.3 Å². The minimum atomic E-state index is -3.82. The van der Waals surface area contributed by atoms with Gasteiger partial charge in [0.05, 0.1) is 4.90 Å². The van der Waals surface area contributed by atoms with Gasteiger partial charge in [-0.05, 0) is 25.0 Å². The summed E-state index contributed by atoms with van der Waals surface area (Å²) in [5.41, 5.74) is -1.45. The summed E-state index contributed by atoms with van der Waals surface area (Å²) in [6, 6.07) is 7.74. The van der Waals surface area contributed by atoms with E-state index in [1.807, 2.05) is 0 Å². The lowest BCUT2D eigenvalue weighted by molar-refractivity contribution is -0.144. The molecule has 0 amide bonds. The average molecular weight is 271 g/mol. The second-order valence-corrected chi connectivity index (χ2v) is 5.70. The molecule has 5 nitrogen and oxygen atoms in total. The minimum absolute atomic E-state index is 0.0672. The van der Waals surface area contributed by atoms with Crippen LogP contribution in [0, 0.1) is 0 Å². The number of hydrogen-bond acceptors (Lipinski definition) is 3. The first-order valence-electron chi connectivity index (χ1n) is 5.70. The maximum absolute atomic E-state index is 12.1. The molecule has 1 rings (SSSR count). The van der Waals surface area contributed by atoms with E-state index in [1.54, 1.807) is 32.0 Å². The van der Waals surface area contributed by atoms with Crippen molar-refractivity contribution in [3.63, 3.8) is 0 Å². The van der Waals surface area contributed by atoms with Gasteiger partial charge in [-0.15, -0.1) is 0 Å². The number of aliphatic carboxylic acids is 1. The Hall–Kier alpha value is -1.40. The molecular weight excluding hydrogens is 254 g/mol. The molecule has 6 heteroatoms. The number of carbonyl (C=O) groups is 1. The number of carboxylic acid groups (broad SMARTS) is 1. The zero-order valence-corrected chi connectivity index (χ0v) is 11.2. The molecular formula is C12H17NO4S. The summed E-state index contributed by atoms with van der Waals surface area (Å²) < 4.78 is 26.5. The van der Waals surface area contributed by atoms with Crippen molar-refractivity contribution in [1.82, 2.24) is 4.72 Å². The molecule has 100 valence electrons. The van der Waals surface area contributed by atoms with Gasteiger partial charge in [0.1, 0.15) is 5.54 Å². The molecule has 0 unspecified atom stereocenters. The van der Waals surface area contributed by atoms with Gasteiger partial charge in [0.25, 0.3) is 0 Å². The zero-order chi connectivity index (χ0) is 13.8. The van der Waals surface area contributed by atoms with Crippen molar-refractivity contribution in [3.05, 3.63) is 30.3 Å². The molecule has 0 aliphatic heterocycles. The maximum atomic E-state index is 12.1. The van der Waals surface area contributed by atoms with E-state index in [0.29, 0.717) is 0 Å². The molecule has 0 saturated heterocycles. The van der Waals surface area contributed by atoms with Crippen LogP contribution in [0.25, 0.3) is 0 Å². The Kier molecular flexibility index (Phi) is 4.48. The van der Waals surface area contributed by atoms with E-state index in [4.69, 9.17) is 0 Å². The molecule has 18 heavy (non-hydrogen) atoms. The van der Waals surface area contributed by atoms with Crippen LogP contribution >= 0.6 is 0 Å². The normalized spacial score (nSPS) is 12.3.